The highest BCUT2D eigenvalue weighted by molar-refractivity contribution is 5.95. The predicted octanol–water partition coefficient (Wildman–Crippen LogP) is 4.23. The Morgan fingerprint density at radius 2 is 1.67 bits per heavy atom. The summed E-state index contributed by atoms with van der Waals surface area (Å²) in [6, 6.07) is 18.6. The number of phenolic OH excluding ortho intramolecular Hbond substituents is 1. The fourth-order valence-corrected chi connectivity index (χ4v) is 4.70. The van der Waals surface area contributed by atoms with Crippen LogP contribution in [0.2, 0.25) is 0 Å². The van der Waals surface area contributed by atoms with Crippen LogP contribution >= 0.6 is 0 Å². The zero-order valence-electron chi connectivity index (χ0n) is 21.9. The van der Waals surface area contributed by atoms with Gasteiger partial charge in [-0.3, -0.25) is 14.4 Å². The Bertz CT molecular complexity index is 1330. The molecule has 0 spiro atoms. The van der Waals surface area contributed by atoms with Gasteiger partial charge in [0.05, 0.1) is 0 Å². The Morgan fingerprint density at radius 1 is 0.872 bits per heavy atom. The fourth-order valence-electron chi connectivity index (χ4n) is 4.70. The number of carbonyl (C=O) groups excluding carboxylic acids is 3. The third-order valence-electron chi connectivity index (χ3n) is 6.82. The van der Waals surface area contributed by atoms with E-state index in [0.717, 1.165) is 16.7 Å². The number of benzene rings is 3. The minimum atomic E-state index is -0.330. The Balaban J connectivity index is 1.45. The average molecular weight is 532 g/mol. The first kappa shape index (κ1) is 27.8. The van der Waals surface area contributed by atoms with Gasteiger partial charge in [-0.05, 0) is 78.8 Å². The van der Waals surface area contributed by atoms with Gasteiger partial charge in [0, 0.05) is 50.1 Å². The zero-order chi connectivity index (χ0) is 27.6. The number of aryl methyl sites for hydroxylation is 1. The van der Waals surface area contributed by atoms with Crippen LogP contribution in [0.5, 0.6) is 5.75 Å². The summed E-state index contributed by atoms with van der Waals surface area (Å²) in [5.74, 6) is -0.593. The van der Waals surface area contributed by atoms with Crippen molar-refractivity contribution in [3.63, 3.8) is 0 Å². The molecule has 1 aliphatic rings. The highest BCUT2D eigenvalue weighted by Crippen LogP contribution is 2.30. The number of phenols is 1. The van der Waals surface area contributed by atoms with Crippen LogP contribution in [0.3, 0.4) is 0 Å². The Kier molecular flexibility index (Phi) is 9.67. The van der Waals surface area contributed by atoms with Gasteiger partial charge >= 0.3 is 0 Å². The van der Waals surface area contributed by atoms with Crippen LogP contribution in [0.1, 0.15) is 47.2 Å². The third-order valence-corrected chi connectivity index (χ3v) is 6.82. The molecule has 0 aromatic heterocycles. The molecule has 8 heteroatoms. The molecule has 0 saturated carbocycles. The number of hydrogen-bond acceptors (Lipinski definition) is 4. The maximum Gasteiger partial charge on any atom is 0.251 e. The van der Waals surface area contributed by atoms with Crippen molar-refractivity contribution in [2.45, 2.75) is 38.5 Å². The van der Waals surface area contributed by atoms with Crippen molar-refractivity contribution >= 4 is 17.7 Å². The van der Waals surface area contributed by atoms with Gasteiger partial charge in [0.1, 0.15) is 11.6 Å². The lowest BCUT2D eigenvalue weighted by molar-refractivity contribution is -0.131. The second kappa shape index (κ2) is 13.6. The van der Waals surface area contributed by atoms with E-state index in [2.05, 4.69) is 10.6 Å². The normalized spacial score (nSPS) is 15.4. The molecular weight excluding hydrogens is 497 g/mol. The zero-order valence-corrected chi connectivity index (χ0v) is 21.9. The molecule has 4 rings (SSSR count). The Hall–Kier alpha value is -4.20. The summed E-state index contributed by atoms with van der Waals surface area (Å²) in [5.41, 5.74) is 3.53. The van der Waals surface area contributed by atoms with Gasteiger partial charge in [-0.15, -0.1) is 0 Å². The SMILES string of the molecule is O=C1CCCN(C(=O)CCc2cccc(F)c2)CCCNC(=O)c2cccc(c2)-c2cc(ccc2O)CCN1. The molecule has 0 unspecified atom stereocenters. The molecule has 0 fully saturated rings. The number of nitrogens with one attached hydrogen (secondary N) is 2. The number of halogens is 1. The van der Waals surface area contributed by atoms with Gasteiger partial charge in [0.2, 0.25) is 11.8 Å². The molecule has 39 heavy (non-hydrogen) atoms. The number of hydrogen-bond donors (Lipinski definition) is 3. The average Bonchev–Trinajstić information content (AvgIpc) is 2.93. The standard InChI is InChI=1S/C31H34FN3O4/c32-26-8-1-5-22(19-26)11-13-30(38)35-17-3-9-29(37)33-16-14-23-10-12-28(36)27(20-23)24-6-2-7-25(21-24)31(39)34-15-4-18-35/h1-2,5-8,10,12,19-21,36H,3-4,9,11,13-18H2,(H,33,37)(H,34,39). The van der Waals surface area contributed by atoms with E-state index in [9.17, 15) is 23.9 Å². The summed E-state index contributed by atoms with van der Waals surface area (Å²) in [7, 11) is 0. The number of carbonyl (C=O) groups is 3. The van der Waals surface area contributed by atoms with Gasteiger partial charge in [0.25, 0.3) is 5.91 Å². The molecule has 3 N–H and O–H groups in total. The summed E-state index contributed by atoms with van der Waals surface area (Å²) >= 11 is 0. The largest absolute Gasteiger partial charge is 0.507 e. The van der Waals surface area contributed by atoms with Crippen LogP contribution in [0.25, 0.3) is 11.1 Å². The van der Waals surface area contributed by atoms with Crippen LogP contribution in [0.15, 0.2) is 66.7 Å². The molecule has 3 aromatic carbocycles. The number of nitrogens with zero attached hydrogens (tertiary/aromatic N) is 1. The lowest BCUT2D eigenvalue weighted by Crippen LogP contribution is -2.36. The van der Waals surface area contributed by atoms with E-state index in [1.807, 2.05) is 18.2 Å². The van der Waals surface area contributed by atoms with Gasteiger partial charge in [-0.25, -0.2) is 4.39 Å². The van der Waals surface area contributed by atoms with Crippen molar-refractivity contribution in [3.8, 4) is 16.9 Å². The maximum absolute atomic E-state index is 13.5. The van der Waals surface area contributed by atoms with E-state index in [4.69, 9.17) is 0 Å². The molecule has 0 radical (unpaired) electrons. The quantitative estimate of drug-likeness (QED) is 0.471. The van der Waals surface area contributed by atoms with E-state index in [1.54, 1.807) is 41.3 Å². The first-order valence-electron chi connectivity index (χ1n) is 13.4. The number of amides is 3. The highest BCUT2D eigenvalue weighted by atomic mass is 19.1. The van der Waals surface area contributed by atoms with E-state index in [1.165, 1.54) is 12.1 Å². The predicted molar refractivity (Wildman–Crippen MR) is 148 cm³/mol. The van der Waals surface area contributed by atoms with Crippen molar-refractivity contribution < 1.29 is 23.9 Å². The molecule has 0 aliphatic carbocycles. The molecule has 3 aromatic rings. The summed E-state index contributed by atoms with van der Waals surface area (Å²) in [6.45, 7) is 1.68. The summed E-state index contributed by atoms with van der Waals surface area (Å²) in [6.07, 6.45) is 2.60. The van der Waals surface area contributed by atoms with Gasteiger partial charge in [0.15, 0.2) is 0 Å². The lowest BCUT2D eigenvalue weighted by Gasteiger charge is -2.23. The van der Waals surface area contributed by atoms with Crippen LogP contribution < -0.4 is 10.6 Å². The maximum atomic E-state index is 13.5. The number of fused-ring (bicyclic) bond motifs is 5. The monoisotopic (exact) mass is 531 g/mol. The Morgan fingerprint density at radius 3 is 2.51 bits per heavy atom. The van der Waals surface area contributed by atoms with Crippen molar-refractivity contribution in [2.75, 3.05) is 26.2 Å². The second-order valence-electron chi connectivity index (χ2n) is 9.76. The lowest BCUT2D eigenvalue weighted by atomic mass is 9.98. The minimum Gasteiger partial charge on any atom is -0.507 e. The van der Waals surface area contributed by atoms with Gasteiger partial charge < -0.3 is 20.6 Å². The number of rotatable bonds is 3. The third kappa shape index (κ3) is 8.14. The van der Waals surface area contributed by atoms with Crippen LogP contribution in [0, 0.1) is 5.82 Å². The number of aromatic hydroxyl groups is 1. The van der Waals surface area contributed by atoms with Crippen molar-refractivity contribution in [2.24, 2.45) is 0 Å². The van der Waals surface area contributed by atoms with E-state index in [0.29, 0.717) is 63.0 Å². The topological polar surface area (TPSA) is 98.7 Å². The first-order chi connectivity index (χ1) is 18.9. The van der Waals surface area contributed by atoms with Crippen LogP contribution in [0.4, 0.5) is 4.39 Å². The molecule has 4 bridgehead atoms. The molecule has 0 atom stereocenters. The molecule has 0 saturated heterocycles. The van der Waals surface area contributed by atoms with Crippen molar-refractivity contribution in [3.05, 3.63) is 89.2 Å². The van der Waals surface area contributed by atoms with E-state index < -0.39 is 0 Å². The van der Waals surface area contributed by atoms with Gasteiger partial charge in [-0.2, -0.15) is 0 Å². The molecule has 1 aliphatic heterocycles. The molecule has 204 valence electrons. The van der Waals surface area contributed by atoms with Crippen molar-refractivity contribution in [1.82, 2.24) is 15.5 Å². The van der Waals surface area contributed by atoms with E-state index in [-0.39, 0.29) is 42.1 Å². The summed E-state index contributed by atoms with van der Waals surface area (Å²) in [5, 5.41) is 16.3. The summed E-state index contributed by atoms with van der Waals surface area (Å²) in [4.78, 5) is 40.0. The first-order valence-corrected chi connectivity index (χ1v) is 13.4. The second-order valence-corrected chi connectivity index (χ2v) is 9.76. The molecular formula is C31H34FN3O4. The summed E-state index contributed by atoms with van der Waals surface area (Å²) < 4.78 is 13.5. The smallest absolute Gasteiger partial charge is 0.251 e. The van der Waals surface area contributed by atoms with Crippen molar-refractivity contribution in [1.29, 1.82) is 0 Å². The van der Waals surface area contributed by atoms with E-state index >= 15 is 0 Å². The minimum absolute atomic E-state index is 0.0660. The fraction of sp³-hybridized carbons (Fsp3) is 0.323. The van der Waals surface area contributed by atoms with Crippen LogP contribution in [-0.4, -0.2) is 53.9 Å². The Labute approximate surface area is 228 Å². The molecule has 3 amide bonds. The molecule has 7 nitrogen and oxygen atoms in total. The highest BCUT2D eigenvalue weighted by Gasteiger charge is 2.16. The molecule has 1 heterocycles. The van der Waals surface area contributed by atoms with Gasteiger partial charge in [-0.1, -0.05) is 30.3 Å². The van der Waals surface area contributed by atoms with Crippen LogP contribution in [-0.2, 0) is 22.4 Å².